The predicted molar refractivity (Wildman–Crippen MR) is 158 cm³/mol. The number of likely N-dealkylation sites (N-methyl/N-ethyl adjacent to an activating group) is 1. The Bertz CT molecular complexity index is 1220. The van der Waals surface area contributed by atoms with Crippen LogP contribution in [0.1, 0.15) is 60.8 Å². The van der Waals surface area contributed by atoms with Gasteiger partial charge in [-0.25, -0.2) is 4.39 Å². The molecule has 1 heterocycles. The average molecular weight is 531 g/mol. The van der Waals surface area contributed by atoms with Gasteiger partial charge in [0.15, 0.2) is 11.6 Å². The minimum atomic E-state index is -0.257. The lowest BCUT2D eigenvalue weighted by Gasteiger charge is -2.31. The van der Waals surface area contributed by atoms with E-state index in [1.54, 1.807) is 19.2 Å². The molecule has 0 bridgehead atoms. The number of benzene rings is 3. The molecule has 1 aliphatic heterocycles. The van der Waals surface area contributed by atoms with Crippen molar-refractivity contribution in [3.8, 4) is 11.5 Å². The molecule has 0 spiro atoms. The zero-order valence-electron chi connectivity index (χ0n) is 23.6. The van der Waals surface area contributed by atoms with Gasteiger partial charge in [0.1, 0.15) is 12.4 Å². The number of ether oxygens (including phenoxy) is 2. The predicted octanol–water partition coefficient (Wildman–Crippen LogP) is 7.04. The maximum absolute atomic E-state index is 14.9. The second kappa shape index (κ2) is 13.3. The summed E-state index contributed by atoms with van der Waals surface area (Å²) in [5, 5.41) is 0. The fourth-order valence-electron chi connectivity index (χ4n) is 6.24. The van der Waals surface area contributed by atoms with E-state index >= 15 is 0 Å². The summed E-state index contributed by atoms with van der Waals surface area (Å²) in [6.45, 7) is 7.64. The van der Waals surface area contributed by atoms with E-state index in [1.165, 1.54) is 41.6 Å². The molecule has 2 aliphatic rings. The van der Waals surface area contributed by atoms with Crippen molar-refractivity contribution >= 4 is 5.69 Å². The van der Waals surface area contributed by atoms with Crippen LogP contribution in [0.3, 0.4) is 0 Å². The molecule has 0 aromatic heterocycles. The molecule has 0 N–H and O–H groups in total. The fourth-order valence-corrected chi connectivity index (χ4v) is 6.24. The Balaban J connectivity index is 1.20. The number of halogens is 1. The van der Waals surface area contributed by atoms with E-state index in [2.05, 4.69) is 59.2 Å². The van der Waals surface area contributed by atoms with Crippen LogP contribution >= 0.6 is 0 Å². The second-order valence-corrected chi connectivity index (χ2v) is 11.0. The maximum atomic E-state index is 14.9. The molecular weight excluding hydrogens is 487 g/mol. The van der Waals surface area contributed by atoms with Gasteiger partial charge >= 0.3 is 0 Å². The summed E-state index contributed by atoms with van der Waals surface area (Å²) in [5.41, 5.74) is 6.58. The number of piperidine rings is 1. The van der Waals surface area contributed by atoms with Crippen LogP contribution in [0.15, 0.2) is 60.7 Å². The monoisotopic (exact) mass is 530 g/mol. The van der Waals surface area contributed by atoms with Crippen molar-refractivity contribution in [2.45, 2.75) is 57.8 Å². The number of rotatable bonds is 11. The molecule has 5 heteroatoms. The quantitative estimate of drug-likeness (QED) is 0.265. The van der Waals surface area contributed by atoms with E-state index in [1.807, 2.05) is 6.07 Å². The van der Waals surface area contributed by atoms with Crippen LogP contribution in [0.4, 0.5) is 10.1 Å². The Morgan fingerprint density at radius 1 is 0.974 bits per heavy atom. The smallest absolute Gasteiger partial charge is 0.165 e. The minimum absolute atomic E-state index is 0.257. The Hall–Kier alpha value is -3.05. The molecule has 0 radical (unpaired) electrons. The van der Waals surface area contributed by atoms with Crippen molar-refractivity contribution in [3.63, 3.8) is 0 Å². The Morgan fingerprint density at radius 3 is 2.62 bits per heavy atom. The Morgan fingerprint density at radius 2 is 1.82 bits per heavy atom. The van der Waals surface area contributed by atoms with Crippen LogP contribution in [0.5, 0.6) is 11.5 Å². The van der Waals surface area contributed by atoms with Gasteiger partial charge in [0, 0.05) is 25.3 Å². The van der Waals surface area contributed by atoms with E-state index in [4.69, 9.17) is 9.47 Å². The average Bonchev–Trinajstić information content (AvgIpc) is 2.98. The number of likely N-dealkylation sites (tertiary alicyclic amines) is 1. The van der Waals surface area contributed by atoms with Crippen LogP contribution in [0.25, 0.3) is 0 Å². The number of methoxy groups -OCH3 is 1. The molecule has 1 atom stereocenters. The van der Waals surface area contributed by atoms with Crippen molar-refractivity contribution in [2.75, 3.05) is 51.3 Å². The highest BCUT2D eigenvalue weighted by atomic mass is 19.1. The molecule has 1 fully saturated rings. The zero-order chi connectivity index (χ0) is 27.0. The van der Waals surface area contributed by atoms with Gasteiger partial charge in [-0.15, -0.1) is 0 Å². The number of anilines is 1. The largest absolute Gasteiger partial charge is 0.497 e. The van der Waals surface area contributed by atoms with Crippen LogP contribution in [0, 0.1) is 5.82 Å². The highest BCUT2D eigenvalue weighted by molar-refractivity contribution is 5.56. The molecule has 1 aliphatic carbocycles. The number of nitrogens with zero attached hydrogens (tertiary/aromatic N) is 2. The first-order valence-electron chi connectivity index (χ1n) is 14.8. The van der Waals surface area contributed by atoms with Crippen molar-refractivity contribution in [3.05, 3.63) is 88.7 Å². The van der Waals surface area contributed by atoms with E-state index in [9.17, 15) is 4.39 Å². The van der Waals surface area contributed by atoms with Gasteiger partial charge in [0.05, 0.1) is 7.11 Å². The first-order chi connectivity index (χ1) is 19.1. The number of hydrogen-bond donors (Lipinski definition) is 0. The molecule has 39 heavy (non-hydrogen) atoms. The summed E-state index contributed by atoms with van der Waals surface area (Å²) in [6.07, 6.45) is 7.89. The van der Waals surface area contributed by atoms with Crippen molar-refractivity contribution in [2.24, 2.45) is 0 Å². The normalized spacial score (nSPS) is 17.5. The number of para-hydroxylation sites is 1. The summed E-state index contributed by atoms with van der Waals surface area (Å²) in [4.78, 5) is 4.86. The minimum Gasteiger partial charge on any atom is -0.497 e. The summed E-state index contributed by atoms with van der Waals surface area (Å²) in [6, 6.07) is 20.8. The van der Waals surface area contributed by atoms with E-state index in [0.717, 1.165) is 69.7 Å². The molecule has 3 aromatic carbocycles. The van der Waals surface area contributed by atoms with E-state index < -0.39 is 0 Å². The summed E-state index contributed by atoms with van der Waals surface area (Å²) in [5.74, 6) is 1.55. The third-order valence-corrected chi connectivity index (χ3v) is 8.52. The fraction of sp³-hybridized carbons (Fsp3) is 0.471. The topological polar surface area (TPSA) is 24.9 Å². The summed E-state index contributed by atoms with van der Waals surface area (Å²) < 4.78 is 26.1. The highest BCUT2D eigenvalue weighted by Gasteiger charge is 2.24. The molecule has 3 aromatic rings. The van der Waals surface area contributed by atoms with Crippen LogP contribution < -0.4 is 14.4 Å². The molecular formula is C34H43FN2O2. The Labute approximate surface area is 233 Å². The van der Waals surface area contributed by atoms with Crippen LogP contribution in [-0.2, 0) is 19.3 Å². The maximum Gasteiger partial charge on any atom is 0.165 e. The van der Waals surface area contributed by atoms with Gasteiger partial charge in [0.25, 0.3) is 0 Å². The SMILES string of the molecule is CCN(CCc1ccc(OCCN2CCCCC2)c(F)c1)c1ccccc1C1CCc2cc(OC)ccc2C1. The molecule has 1 unspecified atom stereocenters. The lowest BCUT2D eigenvalue weighted by Crippen LogP contribution is -2.33. The molecule has 208 valence electrons. The van der Waals surface area contributed by atoms with Crippen molar-refractivity contribution in [1.82, 2.24) is 4.90 Å². The van der Waals surface area contributed by atoms with Gasteiger partial charge in [-0.3, -0.25) is 4.90 Å². The number of hydrogen-bond acceptors (Lipinski definition) is 4. The van der Waals surface area contributed by atoms with Gasteiger partial charge in [-0.1, -0.05) is 36.8 Å². The lowest BCUT2D eigenvalue weighted by molar-refractivity contribution is 0.180. The van der Waals surface area contributed by atoms with Crippen molar-refractivity contribution < 1.29 is 13.9 Å². The van der Waals surface area contributed by atoms with E-state index in [0.29, 0.717) is 18.3 Å². The van der Waals surface area contributed by atoms with E-state index in [-0.39, 0.29) is 5.82 Å². The third kappa shape index (κ3) is 6.94. The summed E-state index contributed by atoms with van der Waals surface area (Å²) in [7, 11) is 1.73. The lowest BCUT2D eigenvalue weighted by atomic mass is 9.79. The molecule has 0 amide bonds. The van der Waals surface area contributed by atoms with Crippen LogP contribution in [-0.4, -0.2) is 51.3 Å². The highest BCUT2D eigenvalue weighted by Crippen LogP contribution is 2.38. The van der Waals surface area contributed by atoms with Crippen LogP contribution in [0.2, 0.25) is 0 Å². The van der Waals surface area contributed by atoms with Gasteiger partial charge in [-0.2, -0.15) is 0 Å². The summed E-state index contributed by atoms with van der Waals surface area (Å²) >= 11 is 0. The molecule has 5 rings (SSSR count). The zero-order valence-corrected chi connectivity index (χ0v) is 23.6. The first-order valence-corrected chi connectivity index (χ1v) is 14.8. The standard InChI is InChI=1S/C34H43FN2O2/c1-3-37(20-17-26-11-16-34(32(35)23-26)39-22-21-36-18-7-4-8-19-36)33-10-6-5-9-31(33)29-13-12-28-25-30(38-2)15-14-27(28)24-29/h5-6,9-11,14-16,23,25,29H,3-4,7-8,12-13,17-22,24H2,1-2H3. The van der Waals surface area contributed by atoms with Crippen molar-refractivity contribution in [1.29, 1.82) is 0 Å². The Kier molecular flexibility index (Phi) is 9.41. The first kappa shape index (κ1) is 27.5. The third-order valence-electron chi connectivity index (χ3n) is 8.52. The number of aryl methyl sites for hydroxylation is 1. The van der Waals surface area contributed by atoms with Gasteiger partial charge in [0.2, 0.25) is 0 Å². The molecule has 4 nitrogen and oxygen atoms in total. The second-order valence-electron chi connectivity index (χ2n) is 11.0. The van der Waals surface area contributed by atoms with Gasteiger partial charge < -0.3 is 14.4 Å². The molecule has 1 saturated heterocycles. The van der Waals surface area contributed by atoms with Gasteiger partial charge in [-0.05, 0) is 117 Å². The molecule has 0 saturated carbocycles. The number of fused-ring (bicyclic) bond motifs is 1.